The molecule has 6 aliphatic rings. The van der Waals surface area contributed by atoms with Crippen LogP contribution >= 0.6 is 23.2 Å². The zero-order valence-corrected chi connectivity index (χ0v) is 49.3. The van der Waals surface area contributed by atoms with E-state index in [0.29, 0.717) is 72.4 Å². The largest absolute Gasteiger partial charge is 0.481 e. The van der Waals surface area contributed by atoms with Gasteiger partial charge in [0.25, 0.3) is 0 Å². The number of nitrogens with two attached hydrogens (primary N) is 1. The number of Topliss-reactive ketones (excluding diaryl/α,β-unsaturated/α-hetero) is 1. The zero-order valence-electron chi connectivity index (χ0n) is 48.8. The Morgan fingerprint density at radius 3 is 1.54 bits per heavy atom. The van der Waals surface area contributed by atoms with Gasteiger partial charge in [0, 0.05) is 67.8 Å². The smallest absolute Gasteiger partial charge is 0.410 e. The third-order valence-corrected chi connectivity index (χ3v) is 15.9. The lowest BCUT2D eigenvalue weighted by Crippen LogP contribution is -2.45. The van der Waals surface area contributed by atoms with Crippen LogP contribution in [-0.4, -0.2) is 121 Å². The Balaban J connectivity index is 0.000000191. The van der Waals surface area contributed by atoms with Gasteiger partial charge in [-0.15, -0.1) is 0 Å². The molecule has 2 atom stereocenters. The number of likely N-dealkylation sites (tertiary alicyclic amines) is 2. The van der Waals surface area contributed by atoms with Crippen LogP contribution in [0.5, 0.6) is 0 Å². The van der Waals surface area contributed by atoms with Gasteiger partial charge >= 0.3 is 18.2 Å². The van der Waals surface area contributed by atoms with Crippen LogP contribution in [-0.2, 0) is 31.9 Å². The van der Waals surface area contributed by atoms with Crippen LogP contribution in [0, 0.1) is 17.8 Å². The van der Waals surface area contributed by atoms with E-state index in [2.05, 4.69) is 75.2 Å². The number of hydrogen-bond acceptors (Lipinski definition) is 13. The third-order valence-electron chi connectivity index (χ3n) is 15.4. The first-order valence-electron chi connectivity index (χ1n) is 29.3. The predicted octanol–water partition coefficient (Wildman–Crippen LogP) is 12.8. The molecular formula is C62H82Cl2FN9O7. The van der Waals surface area contributed by atoms with Gasteiger partial charge in [-0.3, -0.25) is 14.0 Å². The highest BCUT2D eigenvalue weighted by atomic mass is 35.5. The van der Waals surface area contributed by atoms with Gasteiger partial charge < -0.3 is 40.7 Å². The summed E-state index contributed by atoms with van der Waals surface area (Å²) in [6.07, 6.45) is 20.6. The van der Waals surface area contributed by atoms with Crippen LogP contribution in [0.2, 0.25) is 10.0 Å². The average Bonchev–Trinajstić information content (AvgIpc) is 4.18. The molecule has 2 aliphatic heterocycles. The van der Waals surface area contributed by atoms with Crippen molar-refractivity contribution in [3.05, 3.63) is 117 Å². The fourth-order valence-corrected chi connectivity index (χ4v) is 11.6. The number of piperidine rings is 2. The number of carboxylic acids is 1. The number of hydrogen-bond donors (Lipinski definition) is 4. The SMILES string of the molecule is CC(C)(C)OC(=O)N1CCCC(C(=O)CC2CCC(Nc3ncc(Cl)c(C4=CCc5ccccc54)n3)CC2)C1.CC(C)(C)OC(=O)N1CCCC(C(=O)O)C1.NC1CCC(Nc2ncc(Cl)c(C3=CCc4ccccc43)n2)CC1.[2H]CF. The number of ether oxygens (including phenoxy) is 2. The summed E-state index contributed by atoms with van der Waals surface area (Å²) in [6.45, 7) is 13.0. The minimum Gasteiger partial charge on any atom is -0.481 e. The lowest BCUT2D eigenvalue weighted by atomic mass is 9.80. The van der Waals surface area contributed by atoms with Gasteiger partial charge in [0.2, 0.25) is 11.9 Å². The fourth-order valence-electron chi connectivity index (χ4n) is 11.3. The molecule has 19 heteroatoms. The summed E-state index contributed by atoms with van der Waals surface area (Å²) in [5.41, 5.74) is 13.7. The molecule has 2 saturated heterocycles. The van der Waals surface area contributed by atoms with Crippen LogP contribution in [0.15, 0.2) is 73.1 Å². The van der Waals surface area contributed by atoms with Crippen LogP contribution in [0.4, 0.5) is 25.9 Å². The van der Waals surface area contributed by atoms with E-state index in [9.17, 15) is 23.6 Å². The van der Waals surface area contributed by atoms with Crippen molar-refractivity contribution in [1.82, 2.24) is 29.7 Å². The van der Waals surface area contributed by atoms with Gasteiger partial charge in [0.15, 0.2) is 0 Å². The second-order valence-electron chi connectivity index (χ2n) is 23.9. The summed E-state index contributed by atoms with van der Waals surface area (Å²) in [6, 6.07) is 17.8. The molecule has 4 fully saturated rings. The first-order valence-corrected chi connectivity index (χ1v) is 29.3. The van der Waals surface area contributed by atoms with E-state index in [1.165, 1.54) is 27.2 Å². The maximum atomic E-state index is 13.1. The number of fused-ring (bicyclic) bond motifs is 2. The number of aromatic nitrogens is 4. The molecule has 2 amide bonds. The van der Waals surface area contributed by atoms with Crippen molar-refractivity contribution in [3.63, 3.8) is 0 Å². The number of nitrogens with one attached hydrogen (secondary N) is 2. The number of carbonyl (C=O) groups excluding carboxylic acids is 3. The summed E-state index contributed by atoms with van der Waals surface area (Å²) in [5, 5.41) is 17.0. The number of aliphatic carboxylic acids is 1. The number of alkyl halides is 1. The quantitative estimate of drug-likeness (QED) is 0.116. The molecule has 2 saturated carbocycles. The number of amides is 2. The highest BCUT2D eigenvalue weighted by molar-refractivity contribution is 6.32. The first kappa shape index (κ1) is 60.9. The van der Waals surface area contributed by atoms with Crippen molar-refractivity contribution >= 4 is 70.2 Å². The minimum atomic E-state index is -1.00. The number of carboxylic acid groups (broad SMARTS) is 1. The van der Waals surface area contributed by atoms with Crippen LogP contribution < -0.4 is 16.4 Å². The van der Waals surface area contributed by atoms with E-state index < -0.39 is 36.3 Å². The zero-order chi connectivity index (χ0) is 59.1. The molecule has 2 unspecified atom stereocenters. The predicted molar refractivity (Wildman–Crippen MR) is 317 cm³/mol. The van der Waals surface area contributed by atoms with Crippen LogP contribution in [0.1, 0.15) is 160 Å². The third kappa shape index (κ3) is 17.9. The van der Waals surface area contributed by atoms with Gasteiger partial charge in [0.05, 0.1) is 48.3 Å². The molecular weight excluding hydrogens is 1070 g/mol. The Morgan fingerprint density at radius 1 is 0.679 bits per heavy atom. The maximum absolute atomic E-state index is 13.1. The molecule has 81 heavy (non-hydrogen) atoms. The van der Waals surface area contributed by atoms with Crippen molar-refractivity contribution in [3.8, 4) is 0 Å². The van der Waals surface area contributed by atoms with Crippen molar-refractivity contribution in [2.75, 3.05) is 44.0 Å². The maximum Gasteiger partial charge on any atom is 0.410 e. The van der Waals surface area contributed by atoms with E-state index in [0.717, 1.165) is 106 Å². The van der Waals surface area contributed by atoms with Crippen molar-refractivity contribution < 1.29 is 39.5 Å². The second-order valence-corrected chi connectivity index (χ2v) is 24.7. The van der Waals surface area contributed by atoms with Crippen LogP contribution in [0.3, 0.4) is 0 Å². The number of halogens is 3. The van der Waals surface area contributed by atoms with Gasteiger partial charge in [-0.1, -0.05) is 83.9 Å². The lowest BCUT2D eigenvalue weighted by Gasteiger charge is -2.34. The molecule has 4 aromatic rings. The Morgan fingerprint density at radius 2 is 1.10 bits per heavy atom. The number of allylic oxidation sites excluding steroid dienone is 2. The number of carbonyl (C=O) groups is 4. The summed E-state index contributed by atoms with van der Waals surface area (Å²) in [5.74, 6) is 0.543. The summed E-state index contributed by atoms with van der Waals surface area (Å²) in [7, 11) is -1.00. The summed E-state index contributed by atoms with van der Waals surface area (Å²) < 4.78 is 26.2. The molecule has 4 heterocycles. The van der Waals surface area contributed by atoms with Crippen LogP contribution in [0.25, 0.3) is 11.1 Å². The average molecular weight is 1160 g/mol. The Labute approximate surface area is 488 Å². The second kappa shape index (κ2) is 28.7. The number of rotatable bonds is 10. The van der Waals surface area contributed by atoms with E-state index in [1.54, 1.807) is 38.1 Å². The molecule has 5 N–H and O–H groups in total. The molecule has 4 aliphatic carbocycles. The van der Waals surface area contributed by atoms with Gasteiger partial charge in [-0.2, -0.15) is 0 Å². The number of benzene rings is 2. The lowest BCUT2D eigenvalue weighted by molar-refractivity contribution is -0.143. The number of nitrogens with zero attached hydrogens (tertiary/aromatic N) is 6. The Kier molecular flexibility index (Phi) is 21.6. The molecule has 10 rings (SSSR count). The van der Waals surface area contributed by atoms with Crippen molar-refractivity contribution in [2.45, 2.75) is 167 Å². The minimum absolute atomic E-state index is 0.0852. The monoisotopic (exact) mass is 1150 g/mol. The van der Waals surface area contributed by atoms with Crippen molar-refractivity contribution in [1.29, 1.82) is 0 Å². The van der Waals surface area contributed by atoms with Gasteiger partial charge in [0.1, 0.15) is 17.0 Å². The molecule has 0 bridgehead atoms. The van der Waals surface area contributed by atoms with Crippen molar-refractivity contribution in [2.24, 2.45) is 23.5 Å². The first-order chi connectivity index (χ1) is 39.1. The highest BCUT2D eigenvalue weighted by Crippen LogP contribution is 2.38. The number of anilines is 2. The molecule has 438 valence electrons. The highest BCUT2D eigenvalue weighted by Gasteiger charge is 2.34. The molecule has 2 aromatic heterocycles. The fraction of sp³-hybridized carbons (Fsp3) is 0.548. The normalized spacial score (nSPS) is 22.4. The van der Waals surface area contributed by atoms with E-state index >= 15 is 0 Å². The standard InChI is InChI=1S/C31H39ClN4O3.C19H21ClN4.C11H19NO4.CH3F/c1-31(2,3)39-30(38)36-16-6-8-22(19-36)27(37)17-20-10-13-23(14-11-20)34-29-33-18-26(32)28(35-29)25-15-12-21-7-4-5-9-24(21)25;20-17-11-22-19(23-14-8-6-13(21)7-9-14)24-18(17)16-10-5-12-3-1-2-4-15(12)16;1-11(2,3)16-10(15)12-6-4-5-8(7-12)9(13)14;1-2/h4-5,7,9,15,18,20,22-23H,6,8,10-14,16-17,19H2,1-3H3,(H,33,34,35);1-4,10-11,13-14H,5-9,21H2,(H,22,23,24);8H,4-7H2,1-3H3,(H,13,14);1H3/i;;;1D. The van der Waals surface area contributed by atoms with E-state index in [1.807, 2.05) is 26.8 Å². The molecule has 0 spiro atoms. The Bertz CT molecular complexity index is 2900. The van der Waals surface area contributed by atoms with E-state index in [4.69, 9.17) is 54.9 Å². The molecule has 0 radical (unpaired) electrons. The molecule has 16 nitrogen and oxygen atoms in total. The topological polar surface area (TPSA) is 215 Å². The molecule has 2 aromatic carbocycles. The van der Waals surface area contributed by atoms with E-state index in [-0.39, 0.29) is 30.4 Å². The Hall–Kier alpha value is -6.17. The van der Waals surface area contributed by atoms with Gasteiger partial charge in [-0.05, 0) is 160 Å². The summed E-state index contributed by atoms with van der Waals surface area (Å²) in [4.78, 5) is 69.7. The van der Waals surface area contributed by atoms with Gasteiger partial charge in [-0.25, -0.2) is 29.5 Å². The summed E-state index contributed by atoms with van der Waals surface area (Å²) >= 11 is 12.9. The number of ketones is 1.